The van der Waals surface area contributed by atoms with Gasteiger partial charge in [0.05, 0.1) is 24.0 Å². The van der Waals surface area contributed by atoms with Gasteiger partial charge in [0.2, 0.25) is 5.88 Å². The van der Waals surface area contributed by atoms with E-state index in [1.807, 2.05) is 32.0 Å². The molecule has 0 radical (unpaired) electrons. The predicted octanol–water partition coefficient (Wildman–Crippen LogP) is 0.939. The number of imidazole rings is 1. The van der Waals surface area contributed by atoms with Crippen molar-refractivity contribution in [3.63, 3.8) is 0 Å². The third-order valence-electron chi connectivity index (χ3n) is 5.20. The fraction of sp³-hybridized carbons (Fsp3) is 0.286. The van der Waals surface area contributed by atoms with Crippen molar-refractivity contribution < 1.29 is 5.11 Å². The van der Waals surface area contributed by atoms with E-state index in [1.54, 1.807) is 23.0 Å². The van der Waals surface area contributed by atoms with Crippen molar-refractivity contribution in [3.05, 3.63) is 68.7 Å². The summed E-state index contributed by atoms with van der Waals surface area (Å²) in [7, 11) is 0. The number of hydrogen-bond acceptors (Lipinski definition) is 7. The van der Waals surface area contributed by atoms with Crippen LogP contribution in [0.1, 0.15) is 42.8 Å². The number of nitrogens with one attached hydrogen (secondary N) is 3. The van der Waals surface area contributed by atoms with Crippen LogP contribution in [0.25, 0.3) is 11.7 Å². The molecule has 10 heteroatoms. The van der Waals surface area contributed by atoms with E-state index < -0.39 is 5.69 Å². The maximum atomic E-state index is 11.5. The second-order valence-corrected chi connectivity index (χ2v) is 7.75. The summed E-state index contributed by atoms with van der Waals surface area (Å²) < 4.78 is 1.67. The van der Waals surface area contributed by atoms with Gasteiger partial charge >= 0.3 is 5.69 Å². The second-order valence-electron chi connectivity index (χ2n) is 7.75. The number of H-pyrrole nitrogens is 2. The van der Waals surface area contributed by atoms with Crippen LogP contribution >= 0.6 is 0 Å². The third kappa shape index (κ3) is 3.79. The van der Waals surface area contributed by atoms with Crippen molar-refractivity contribution in [1.82, 2.24) is 29.5 Å². The molecule has 0 amide bonds. The highest BCUT2D eigenvalue weighted by molar-refractivity contribution is 5.58. The van der Waals surface area contributed by atoms with Crippen molar-refractivity contribution in [2.24, 2.45) is 4.99 Å². The third-order valence-corrected chi connectivity index (χ3v) is 5.20. The van der Waals surface area contributed by atoms with Crippen molar-refractivity contribution in [3.8, 4) is 5.88 Å². The topological polar surface area (TPSA) is 136 Å². The van der Waals surface area contributed by atoms with Crippen LogP contribution in [0.4, 0.5) is 5.82 Å². The predicted molar refractivity (Wildman–Crippen MR) is 114 cm³/mol. The zero-order valence-electron chi connectivity index (χ0n) is 17.1. The van der Waals surface area contributed by atoms with E-state index in [2.05, 4.69) is 25.4 Å². The number of pyridine rings is 1. The Kier molecular flexibility index (Phi) is 4.54. The molecule has 1 aliphatic carbocycles. The number of aromatic amines is 2. The van der Waals surface area contributed by atoms with E-state index in [0.717, 1.165) is 24.1 Å². The fourth-order valence-corrected chi connectivity index (χ4v) is 3.51. The Morgan fingerprint density at radius 2 is 2.23 bits per heavy atom. The van der Waals surface area contributed by atoms with Gasteiger partial charge < -0.3 is 15.4 Å². The molecule has 1 atom stereocenters. The fourth-order valence-electron chi connectivity index (χ4n) is 3.51. The first-order chi connectivity index (χ1) is 15.0. The molecule has 158 valence electrons. The van der Waals surface area contributed by atoms with Gasteiger partial charge in [-0.25, -0.2) is 9.78 Å². The van der Waals surface area contributed by atoms with Gasteiger partial charge in [0.1, 0.15) is 11.5 Å². The summed E-state index contributed by atoms with van der Waals surface area (Å²) in [6.45, 7) is 4.06. The van der Waals surface area contributed by atoms with E-state index in [4.69, 9.17) is 9.98 Å². The molecule has 0 saturated heterocycles. The highest BCUT2D eigenvalue weighted by Crippen LogP contribution is 2.23. The van der Waals surface area contributed by atoms with Crippen LogP contribution in [-0.4, -0.2) is 40.7 Å². The Balaban J connectivity index is 1.63. The van der Waals surface area contributed by atoms with Crippen LogP contribution in [0.15, 0.2) is 40.4 Å². The summed E-state index contributed by atoms with van der Waals surface area (Å²) in [5, 5.41) is 18.4. The summed E-state index contributed by atoms with van der Waals surface area (Å²) in [4.78, 5) is 30.3. The number of aromatic hydroxyl groups is 1. The molecule has 1 aliphatic rings. The Morgan fingerprint density at radius 3 is 2.94 bits per heavy atom. The summed E-state index contributed by atoms with van der Waals surface area (Å²) >= 11 is 0. The Morgan fingerprint density at radius 1 is 1.39 bits per heavy atom. The molecule has 4 aromatic heterocycles. The maximum Gasteiger partial charge on any atom is 0.326 e. The van der Waals surface area contributed by atoms with Gasteiger partial charge in [-0.2, -0.15) is 9.61 Å². The first-order valence-corrected chi connectivity index (χ1v) is 10.1. The zero-order valence-corrected chi connectivity index (χ0v) is 17.1. The van der Waals surface area contributed by atoms with Gasteiger partial charge in [-0.3, -0.25) is 15.0 Å². The van der Waals surface area contributed by atoms with E-state index in [0.29, 0.717) is 28.2 Å². The molecule has 4 N–H and O–H groups in total. The lowest BCUT2D eigenvalue weighted by atomic mass is 10.1. The molecule has 0 aromatic carbocycles. The van der Waals surface area contributed by atoms with Crippen LogP contribution in [0.5, 0.6) is 5.88 Å². The van der Waals surface area contributed by atoms with E-state index in [-0.39, 0.29) is 17.6 Å². The van der Waals surface area contributed by atoms with Gasteiger partial charge in [0.25, 0.3) is 0 Å². The standard InChI is InChI=1S/C21H22N8O2/c1-11-4-3-7-22-18(11)12(2)24-16-9-17(25-14-5-6-14)29-19(27-16)13(10-23-29)8-15-20(30)28-21(31)26-15/h3-4,7-10,12,14,24,30H,5-6H2,1-2H3,(H2,26,28,31). The molecule has 4 aromatic rings. The number of aromatic nitrogens is 6. The monoisotopic (exact) mass is 418 g/mol. The number of aryl methyl sites for hydroxylation is 1. The molecule has 0 bridgehead atoms. The molecular formula is C21H22N8O2. The Hall–Kier alpha value is -3.95. The molecule has 31 heavy (non-hydrogen) atoms. The molecule has 0 aliphatic heterocycles. The minimum absolute atomic E-state index is 0.0645. The summed E-state index contributed by atoms with van der Waals surface area (Å²) in [6.07, 6.45) is 7.16. The molecule has 1 saturated carbocycles. The number of fused-ring (bicyclic) bond motifs is 1. The zero-order chi connectivity index (χ0) is 21.5. The summed E-state index contributed by atoms with van der Waals surface area (Å²) in [5.41, 5.74) is 3.08. The molecule has 10 nitrogen and oxygen atoms in total. The number of nitrogens with zero attached hydrogens (tertiary/aromatic N) is 5. The average molecular weight is 418 g/mol. The van der Waals surface area contributed by atoms with Crippen LogP contribution in [0, 0.1) is 6.92 Å². The SMILES string of the molecule is Cc1cccnc1C(C)Nc1cc(=NC2CC2)n2ncc(=Cc3[nH]c(=O)[nH]c3O)c2n1. The lowest BCUT2D eigenvalue weighted by Gasteiger charge is -2.16. The summed E-state index contributed by atoms with van der Waals surface area (Å²) in [5.74, 6) is 0.409. The van der Waals surface area contributed by atoms with Crippen LogP contribution in [0.3, 0.4) is 0 Å². The lowest BCUT2D eigenvalue weighted by Crippen LogP contribution is -2.21. The molecular weight excluding hydrogens is 396 g/mol. The second kappa shape index (κ2) is 7.38. The van der Waals surface area contributed by atoms with Crippen molar-refractivity contribution in [1.29, 1.82) is 0 Å². The lowest BCUT2D eigenvalue weighted by molar-refractivity contribution is 0.454. The molecule has 1 fully saturated rings. The van der Waals surface area contributed by atoms with Gasteiger partial charge in [0, 0.05) is 17.5 Å². The van der Waals surface area contributed by atoms with Gasteiger partial charge in [0.15, 0.2) is 11.1 Å². The number of anilines is 1. The quantitative estimate of drug-likeness (QED) is 0.381. The van der Waals surface area contributed by atoms with Crippen LogP contribution in [-0.2, 0) is 0 Å². The average Bonchev–Trinajstić information content (AvgIpc) is 3.37. The Bertz CT molecular complexity index is 1440. The van der Waals surface area contributed by atoms with Gasteiger partial charge in [-0.1, -0.05) is 6.07 Å². The van der Waals surface area contributed by atoms with Crippen LogP contribution in [0.2, 0.25) is 0 Å². The highest BCUT2D eigenvalue weighted by Gasteiger charge is 2.20. The smallest absolute Gasteiger partial charge is 0.326 e. The minimum Gasteiger partial charge on any atom is -0.493 e. The van der Waals surface area contributed by atoms with E-state index in [9.17, 15) is 9.90 Å². The Labute approximate surface area is 176 Å². The first kappa shape index (κ1) is 19.0. The van der Waals surface area contributed by atoms with Crippen molar-refractivity contribution >= 4 is 17.5 Å². The van der Waals surface area contributed by atoms with E-state index in [1.165, 1.54) is 0 Å². The van der Waals surface area contributed by atoms with Crippen LogP contribution < -0.4 is 21.7 Å². The molecule has 5 rings (SSSR count). The normalized spacial score (nSPS) is 16.2. The highest BCUT2D eigenvalue weighted by atomic mass is 16.3. The maximum absolute atomic E-state index is 11.5. The molecule has 1 unspecified atom stereocenters. The number of rotatable bonds is 5. The van der Waals surface area contributed by atoms with Crippen molar-refractivity contribution in [2.75, 3.05) is 5.32 Å². The van der Waals surface area contributed by atoms with Crippen molar-refractivity contribution in [2.45, 2.75) is 38.8 Å². The minimum atomic E-state index is -0.487. The van der Waals surface area contributed by atoms with E-state index >= 15 is 0 Å². The molecule has 4 heterocycles. The first-order valence-electron chi connectivity index (χ1n) is 10.1. The largest absolute Gasteiger partial charge is 0.493 e. The number of hydrogen-bond donors (Lipinski definition) is 4. The van der Waals surface area contributed by atoms with Gasteiger partial charge in [-0.15, -0.1) is 0 Å². The van der Waals surface area contributed by atoms with Gasteiger partial charge in [-0.05, 0) is 44.4 Å². The summed E-state index contributed by atoms with van der Waals surface area (Å²) in [6, 6.07) is 6.06. The molecule has 0 spiro atoms.